The molecule has 0 atom stereocenters. The van der Waals surface area contributed by atoms with Crippen molar-refractivity contribution in [3.63, 3.8) is 0 Å². The predicted molar refractivity (Wildman–Crippen MR) is 111 cm³/mol. The number of ether oxygens (including phenoxy) is 1. The Labute approximate surface area is 167 Å². The molecule has 0 aliphatic rings. The monoisotopic (exact) mass is 404 g/mol. The Balaban J connectivity index is 1.57. The number of nitrogens with one attached hydrogen (secondary N) is 1. The standard InChI is InChI=1S/C19H24N4O2S2/c1-13-11-15(14(2)23(13)19-21-9-10-26-19)16-12-27-18(22-16)20-8-6-4-5-7-17(24)25-3/h9-12H,4-8H2,1-3H3,(H,20,22). The van der Waals surface area contributed by atoms with Crippen LogP contribution in [0.1, 0.15) is 37.1 Å². The lowest BCUT2D eigenvalue weighted by Crippen LogP contribution is -2.03. The summed E-state index contributed by atoms with van der Waals surface area (Å²) >= 11 is 3.25. The Hall–Kier alpha value is -2.19. The van der Waals surface area contributed by atoms with E-state index in [0.717, 1.165) is 58.7 Å². The van der Waals surface area contributed by atoms with Crippen LogP contribution in [0.2, 0.25) is 0 Å². The van der Waals surface area contributed by atoms with E-state index in [1.165, 1.54) is 7.11 Å². The maximum absolute atomic E-state index is 11.1. The van der Waals surface area contributed by atoms with Crippen molar-refractivity contribution >= 4 is 33.8 Å². The third-order valence-electron chi connectivity index (χ3n) is 4.38. The summed E-state index contributed by atoms with van der Waals surface area (Å²) in [6, 6.07) is 2.17. The van der Waals surface area contributed by atoms with Gasteiger partial charge in [-0.1, -0.05) is 6.42 Å². The number of nitrogens with zero attached hydrogens (tertiary/aromatic N) is 3. The zero-order valence-electron chi connectivity index (χ0n) is 15.8. The van der Waals surface area contributed by atoms with Crippen LogP contribution in [0.4, 0.5) is 5.13 Å². The second-order valence-electron chi connectivity index (χ2n) is 6.29. The van der Waals surface area contributed by atoms with E-state index < -0.39 is 0 Å². The summed E-state index contributed by atoms with van der Waals surface area (Å²) in [6.07, 6.45) is 5.18. The molecule has 3 rings (SSSR count). The zero-order valence-corrected chi connectivity index (χ0v) is 17.5. The van der Waals surface area contributed by atoms with Crippen molar-refractivity contribution in [3.8, 4) is 16.4 Å². The molecule has 0 saturated heterocycles. The molecule has 0 aliphatic carbocycles. The summed E-state index contributed by atoms with van der Waals surface area (Å²) < 4.78 is 6.82. The minimum absolute atomic E-state index is 0.136. The van der Waals surface area contributed by atoms with E-state index in [9.17, 15) is 4.79 Å². The number of hydrogen-bond donors (Lipinski definition) is 1. The third kappa shape index (κ3) is 4.75. The minimum atomic E-state index is -0.136. The SMILES string of the molecule is COC(=O)CCCCCNc1nc(-c2cc(C)n(-c3nccs3)c2C)cs1. The van der Waals surface area contributed by atoms with Crippen molar-refractivity contribution in [1.29, 1.82) is 0 Å². The lowest BCUT2D eigenvalue weighted by molar-refractivity contribution is -0.140. The molecule has 8 heteroatoms. The molecule has 0 radical (unpaired) electrons. The Morgan fingerprint density at radius 1 is 1.26 bits per heavy atom. The van der Waals surface area contributed by atoms with Crippen molar-refractivity contribution in [2.24, 2.45) is 0 Å². The molecule has 3 aromatic rings. The number of anilines is 1. The van der Waals surface area contributed by atoms with E-state index in [1.54, 1.807) is 22.7 Å². The number of thiazole rings is 2. The number of aryl methyl sites for hydroxylation is 1. The van der Waals surface area contributed by atoms with Crippen molar-refractivity contribution in [1.82, 2.24) is 14.5 Å². The predicted octanol–water partition coefficient (Wildman–Crippen LogP) is 4.82. The molecule has 0 spiro atoms. The zero-order chi connectivity index (χ0) is 19.2. The Bertz CT molecular complexity index is 884. The molecule has 3 heterocycles. The lowest BCUT2D eigenvalue weighted by atomic mass is 10.2. The van der Waals surface area contributed by atoms with Crippen molar-refractivity contribution in [2.45, 2.75) is 39.5 Å². The number of hydrogen-bond acceptors (Lipinski definition) is 7. The highest BCUT2D eigenvalue weighted by Crippen LogP contribution is 2.32. The second-order valence-corrected chi connectivity index (χ2v) is 8.02. The molecular formula is C19H24N4O2S2. The van der Waals surface area contributed by atoms with Crippen molar-refractivity contribution < 1.29 is 9.53 Å². The summed E-state index contributed by atoms with van der Waals surface area (Å²) in [6.45, 7) is 5.06. The Kier molecular flexibility index (Phi) is 6.63. The third-order valence-corrected chi connectivity index (χ3v) is 5.94. The van der Waals surface area contributed by atoms with Gasteiger partial charge in [-0.15, -0.1) is 22.7 Å². The first-order chi connectivity index (χ1) is 13.1. The van der Waals surface area contributed by atoms with Crippen LogP contribution in [0.25, 0.3) is 16.4 Å². The maximum atomic E-state index is 11.1. The Morgan fingerprint density at radius 2 is 2.11 bits per heavy atom. The molecule has 0 aromatic carbocycles. The summed E-state index contributed by atoms with van der Waals surface area (Å²) in [7, 11) is 1.43. The normalized spacial score (nSPS) is 10.9. The van der Waals surface area contributed by atoms with Gasteiger partial charge in [-0.25, -0.2) is 9.97 Å². The molecule has 6 nitrogen and oxygen atoms in total. The number of esters is 1. The van der Waals surface area contributed by atoms with Crippen LogP contribution in [0.5, 0.6) is 0 Å². The first-order valence-corrected chi connectivity index (χ1v) is 10.7. The summed E-state index contributed by atoms with van der Waals surface area (Å²) in [5, 5.41) is 9.37. The van der Waals surface area contributed by atoms with Gasteiger partial charge < -0.3 is 10.1 Å². The number of rotatable bonds is 9. The molecule has 0 unspecified atom stereocenters. The van der Waals surface area contributed by atoms with E-state index in [1.807, 2.05) is 11.6 Å². The average molecular weight is 405 g/mol. The molecule has 0 bridgehead atoms. The molecule has 0 amide bonds. The smallest absolute Gasteiger partial charge is 0.305 e. The molecule has 27 heavy (non-hydrogen) atoms. The molecule has 144 valence electrons. The largest absolute Gasteiger partial charge is 0.469 e. The van der Waals surface area contributed by atoms with Crippen LogP contribution in [0.15, 0.2) is 23.0 Å². The fourth-order valence-corrected chi connectivity index (χ4v) is 4.48. The van der Waals surface area contributed by atoms with Crippen LogP contribution in [-0.4, -0.2) is 34.2 Å². The van der Waals surface area contributed by atoms with E-state index in [-0.39, 0.29) is 5.97 Å². The van der Waals surface area contributed by atoms with Gasteiger partial charge in [0.1, 0.15) is 0 Å². The number of methoxy groups -OCH3 is 1. The summed E-state index contributed by atoms with van der Waals surface area (Å²) in [5.41, 5.74) is 4.45. The highest BCUT2D eigenvalue weighted by atomic mass is 32.1. The Morgan fingerprint density at radius 3 is 2.85 bits per heavy atom. The molecule has 1 N–H and O–H groups in total. The first kappa shape index (κ1) is 19.6. The first-order valence-electron chi connectivity index (χ1n) is 8.95. The van der Waals surface area contributed by atoms with Gasteiger partial charge in [0.2, 0.25) is 0 Å². The number of unbranched alkanes of at least 4 members (excludes halogenated alkanes) is 2. The highest BCUT2D eigenvalue weighted by Gasteiger charge is 2.15. The topological polar surface area (TPSA) is 69.0 Å². The molecule has 3 aromatic heterocycles. The van der Waals surface area contributed by atoms with Gasteiger partial charge in [0.05, 0.1) is 12.8 Å². The fraction of sp³-hybridized carbons (Fsp3) is 0.421. The van der Waals surface area contributed by atoms with Crippen LogP contribution in [0, 0.1) is 13.8 Å². The van der Waals surface area contributed by atoms with Gasteiger partial charge in [0.15, 0.2) is 10.3 Å². The quantitative estimate of drug-likeness (QED) is 0.409. The van der Waals surface area contributed by atoms with Gasteiger partial charge in [-0.2, -0.15) is 0 Å². The van der Waals surface area contributed by atoms with Crippen LogP contribution in [0.3, 0.4) is 0 Å². The number of carbonyl (C=O) groups excluding carboxylic acids is 1. The summed E-state index contributed by atoms with van der Waals surface area (Å²) in [5.74, 6) is -0.136. The van der Waals surface area contributed by atoms with Crippen molar-refractivity contribution in [3.05, 3.63) is 34.4 Å². The lowest BCUT2D eigenvalue weighted by Gasteiger charge is -2.05. The number of carbonyl (C=O) groups is 1. The fourth-order valence-electron chi connectivity index (χ4n) is 2.99. The average Bonchev–Trinajstić information content (AvgIpc) is 3.38. The van der Waals surface area contributed by atoms with Gasteiger partial charge in [0, 0.05) is 46.9 Å². The highest BCUT2D eigenvalue weighted by molar-refractivity contribution is 7.14. The second kappa shape index (κ2) is 9.14. The van der Waals surface area contributed by atoms with Crippen LogP contribution >= 0.6 is 22.7 Å². The minimum Gasteiger partial charge on any atom is -0.469 e. The molecular weight excluding hydrogens is 380 g/mol. The molecule has 0 saturated carbocycles. The van der Waals surface area contributed by atoms with Crippen LogP contribution in [-0.2, 0) is 9.53 Å². The van der Waals surface area contributed by atoms with E-state index in [0.29, 0.717) is 6.42 Å². The van der Waals surface area contributed by atoms with Crippen LogP contribution < -0.4 is 5.32 Å². The van der Waals surface area contributed by atoms with Gasteiger partial charge >= 0.3 is 5.97 Å². The van der Waals surface area contributed by atoms with Gasteiger partial charge in [-0.3, -0.25) is 9.36 Å². The van der Waals surface area contributed by atoms with E-state index >= 15 is 0 Å². The summed E-state index contributed by atoms with van der Waals surface area (Å²) in [4.78, 5) is 20.2. The number of aromatic nitrogens is 3. The maximum Gasteiger partial charge on any atom is 0.305 e. The molecule has 0 aliphatic heterocycles. The van der Waals surface area contributed by atoms with Gasteiger partial charge in [-0.05, 0) is 32.8 Å². The van der Waals surface area contributed by atoms with Gasteiger partial charge in [0.25, 0.3) is 0 Å². The van der Waals surface area contributed by atoms with E-state index in [2.05, 4.69) is 44.9 Å². The molecule has 0 fully saturated rings. The van der Waals surface area contributed by atoms with Crippen molar-refractivity contribution in [2.75, 3.05) is 19.0 Å². The van der Waals surface area contributed by atoms with E-state index in [4.69, 9.17) is 4.98 Å².